The van der Waals surface area contributed by atoms with Gasteiger partial charge in [-0.1, -0.05) is 72.8 Å². The van der Waals surface area contributed by atoms with Crippen LogP contribution in [-0.4, -0.2) is 37.6 Å². The number of aromatic nitrogens is 1. The zero-order valence-electron chi connectivity index (χ0n) is 30.0. The van der Waals surface area contributed by atoms with Crippen LogP contribution in [0.5, 0.6) is 11.5 Å². The molecule has 7 heteroatoms. The van der Waals surface area contributed by atoms with Crippen LogP contribution >= 0.6 is 0 Å². The molecule has 2 aliphatic rings. The maximum absolute atomic E-state index is 14.5. The molecule has 1 heterocycles. The number of anilines is 1. The number of rotatable bonds is 12. The molecule has 8 rings (SSSR count). The van der Waals surface area contributed by atoms with E-state index in [-0.39, 0.29) is 11.8 Å². The molecular weight excluding hydrogens is 659 g/mol. The van der Waals surface area contributed by atoms with E-state index in [0.29, 0.717) is 49.4 Å². The Hall–Kier alpha value is -6.21. The van der Waals surface area contributed by atoms with E-state index in [4.69, 9.17) is 9.47 Å². The van der Waals surface area contributed by atoms with Crippen LogP contribution in [0.25, 0.3) is 33.8 Å². The van der Waals surface area contributed by atoms with E-state index in [0.717, 1.165) is 46.1 Å². The molecule has 1 N–H and O–H groups in total. The van der Waals surface area contributed by atoms with Crippen LogP contribution in [0.4, 0.5) is 5.69 Å². The van der Waals surface area contributed by atoms with Gasteiger partial charge in [-0.2, -0.15) is 0 Å². The first-order valence-electron chi connectivity index (χ1n) is 18.2. The molecule has 5 aromatic carbocycles. The minimum absolute atomic E-state index is 0.00415. The molecule has 0 spiro atoms. The summed E-state index contributed by atoms with van der Waals surface area (Å²) in [5.74, 6) is 1.21. The summed E-state index contributed by atoms with van der Waals surface area (Å²) >= 11 is 0. The Labute approximate surface area is 309 Å². The van der Waals surface area contributed by atoms with Crippen LogP contribution in [-0.2, 0) is 37.0 Å². The Morgan fingerprint density at radius 2 is 1.57 bits per heavy atom. The maximum Gasteiger partial charge on any atom is 0.260 e. The average Bonchev–Trinajstić information content (AvgIpc) is 3.21. The fourth-order valence-corrected chi connectivity index (χ4v) is 7.62. The molecule has 0 radical (unpaired) electrons. The molecule has 2 amide bonds. The van der Waals surface area contributed by atoms with Gasteiger partial charge >= 0.3 is 0 Å². The molecule has 2 aliphatic carbocycles. The number of fused-ring (bicyclic) bond motifs is 1. The van der Waals surface area contributed by atoms with Crippen LogP contribution in [0.1, 0.15) is 55.7 Å². The van der Waals surface area contributed by atoms with Crippen molar-refractivity contribution in [2.24, 2.45) is 0 Å². The molecule has 53 heavy (non-hydrogen) atoms. The predicted octanol–water partition coefficient (Wildman–Crippen LogP) is 8.68. The molecule has 7 nitrogen and oxygen atoms in total. The van der Waals surface area contributed by atoms with Gasteiger partial charge in [0.05, 0.1) is 31.8 Å². The molecule has 0 saturated carbocycles. The van der Waals surface area contributed by atoms with Gasteiger partial charge in [-0.3, -0.25) is 14.6 Å². The highest BCUT2D eigenvalue weighted by molar-refractivity contribution is 6.08. The SMILES string of the molecule is COc1ccc(CCC(=O)NCCc2ccc(N(Cc3cc4c5c(ccc6c5c3CC=C6)CC=C4)C(=O)c3cnc4ccccc4c3)cc2)cc1OC. The van der Waals surface area contributed by atoms with Gasteiger partial charge in [-0.25, -0.2) is 0 Å². The number of methoxy groups -OCH3 is 2. The Morgan fingerprint density at radius 1 is 0.774 bits per heavy atom. The van der Waals surface area contributed by atoms with E-state index < -0.39 is 0 Å². The molecule has 6 aromatic rings. The number of allylic oxidation sites excluding steroid dienone is 2. The molecule has 0 atom stereocenters. The van der Waals surface area contributed by atoms with E-state index >= 15 is 0 Å². The normalized spacial score (nSPS) is 12.6. The van der Waals surface area contributed by atoms with Crippen molar-refractivity contribution in [1.29, 1.82) is 0 Å². The number of aryl methyl sites for hydroxylation is 1. The molecular formula is C46H41N3O4. The minimum atomic E-state index is -0.102. The first-order valence-corrected chi connectivity index (χ1v) is 18.2. The number of carbonyl (C=O) groups excluding carboxylic acids is 2. The molecule has 264 valence electrons. The van der Waals surface area contributed by atoms with Gasteiger partial charge < -0.3 is 19.7 Å². The summed E-state index contributed by atoms with van der Waals surface area (Å²) in [4.78, 5) is 33.7. The summed E-state index contributed by atoms with van der Waals surface area (Å²) < 4.78 is 10.7. The highest BCUT2D eigenvalue weighted by atomic mass is 16.5. The lowest BCUT2D eigenvalue weighted by Crippen LogP contribution is -2.31. The maximum atomic E-state index is 14.5. The summed E-state index contributed by atoms with van der Waals surface area (Å²) in [6, 6.07) is 30.4. The van der Waals surface area contributed by atoms with E-state index in [9.17, 15) is 9.59 Å². The fraction of sp³-hybridized carbons (Fsp3) is 0.196. The van der Waals surface area contributed by atoms with Gasteiger partial charge in [-0.05, 0) is 118 Å². The van der Waals surface area contributed by atoms with Crippen molar-refractivity contribution in [3.8, 4) is 11.5 Å². The summed E-state index contributed by atoms with van der Waals surface area (Å²) in [6.45, 7) is 0.939. The fourth-order valence-electron chi connectivity index (χ4n) is 7.62. The van der Waals surface area contributed by atoms with Crippen LogP contribution in [0.15, 0.2) is 109 Å². The Balaban J connectivity index is 1.02. The van der Waals surface area contributed by atoms with Crippen LogP contribution in [0, 0.1) is 0 Å². The zero-order valence-corrected chi connectivity index (χ0v) is 30.0. The number of pyridine rings is 1. The molecule has 0 unspecified atom stereocenters. The standard InChI is InChI=1S/C46H41N3O4/c1-52-41-21-15-31(25-42(41)53-2)16-22-43(50)47-24-23-30-13-19-38(20-14-30)49(46(51)36-26-34-7-3-4-12-40(34)48-28-36)29-37-27-35-10-5-8-32-17-18-33-9-6-11-39(37)45(33)44(32)35/h3-7,9-10,12-15,17-21,25-28H,8,11,16,22-24,29H2,1-2H3,(H,47,50). The van der Waals surface area contributed by atoms with Crippen LogP contribution in [0.3, 0.4) is 0 Å². The van der Waals surface area contributed by atoms with Gasteiger partial charge in [0, 0.05) is 30.2 Å². The quantitative estimate of drug-likeness (QED) is 0.138. The summed E-state index contributed by atoms with van der Waals surface area (Å²) in [7, 11) is 3.21. The number of benzene rings is 5. The second kappa shape index (κ2) is 14.8. The summed E-state index contributed by atoms with van der Waals surface area (Å²) in [6.07, 6.45) is 14.0. The monoisotopic (exact) mass is 699 g/mol. The minimum Gasteiger partial charge on any atom is -0.493 e. The second-order valence-electron chi connectivity index (χ2n) is 13.6. The number of para-hydroxylation sites is 1. The first-order chi connectivity index (χ1) is 26.0. The predicted molar refractivity (Wildman–Crippen MR) is 213 cm³/mol. The van der Waals surface area contributed by atoms with Crippen LogP contribution < -0.4 is 19.7 Å². The Kier molecular flexibility index (Phi) is 9.47. The molecule has 0 saturated heterocycles. The summed E-state index contributed by atoms with van der Waals surface area (Å²) in [5.41, 5.74) is 10.5. The number of amides is 2. The second-order valence-corrected chi connectivity index (χ2v) is 13.6. The van der Waals surface area contributed by atoms with Gasteiger partial charge in [0.15, 0.2) is 11.5 Å². The van der Waals surface area contributed by atoms with E-state index in [1.165, 1.54) is 33.0 Å². The van der Waals surface area contributed by atoms with E-state index in [2.05, 4.69) is 52.8 Å². The number of nitrogens with one attached hydrogen (secondary N) is 1. The third kappa shape index (κ3) is 6.90. The lowest BCUT2D eigenvalue weighted by molar-refractivity contribution is -0.121. The van der Waals surface area contributed by atoms with Crippen molar-refractivity contribution >= 4 is 51.3 Å². The topological polar surface area (TPSA) is 80.8 Å². The highest BCUT2D eigenvalue weighted by Gasteiger charge is 2.24. The first kappa shape index (κ1) is 33.9. The van der Waals surface area contributed by atoms with Crippen molar-refractivity contribution in [1.82, 2.24) is 10.3 Å². The third-order valence-electron chi connectivity index (χ3n) is 10.4. The lowest BCUT2D eigenvalue weighted by Gasteiger charge is -2.28. The van der Waals surface area contributed by atoms with Crippen molar-refractivity contribution in [2.45, 2.75) is 38.6 Å². The van der Waals surface area contributed by atoms with Crippen LogP contribution in [0.2, 0.25) is 0 Å². The zero-order chi connectivity index (χ0) is 36.3. The Bertz CT molecular complexity index is 2430. The highest BCUT2D eigenvalue weighted by Crippen LogP contribution is 2.39. The van der Waals surface area contributed by atoms with Gasteiger partial charge in [0.2, 0.25) is 5.91 Å². The van der Waals surface area contributed by atoms with Crippen molar-refractivity contribution in [2.75, 3.05) is 25.7 Å². The third-order valence-corrected chi connectivity index (χ3v) is 10.4. The smallest absolute Gasteiger partial charge is 0.260 e. The van der Waals surface area contributed by atoms with E-state index in [1.54, 1.807) is 20.4 Å². The number of nitrogens with zero attached hydrogens (tertiary/aromatic N) is 2. The van der Waals surface area contributed by atoms with Gasteiger partial charge in [-0.15, -0.1) is 0 Å². The Morgan fingerprint density at radius 3 is 2.42 bits per heavy atom. The van der Waals surface area contributed by atoms with Gasteiger partial charge in [0.1, 0.15) is 0 Å². The van der Waals surface area contributed by atoms with Gasteiger partial charge in [0.25, 0.3) is 5.91 Å². The number of hydrogen-bond donors (Lipinski definition) is 1. The molecule has 1 aromatic heterocycles. The molecule has 0 aliphatic heterocycles. The number of ether oxygens (including phenoxy) is 2. The number of hydrogen-bond acceptors (Lipinski definition) is 5. The van der Waals surface area contributed by atoms with Crippen molar-refractivity contribution in [3.05, 3.63) is 154 Å². The molecule has 0 fully saturated rings. The van der Waals surface area contributed by atoms with Crippen molar-refractivity contribution < 1.29 is 19.1 Å². The molecule has 0 bridgehead atoms. The van der Waals surface area contributed by atoms with E-state index in [1.807, 2.05) is 77.7 Å². The average molecular weight is 700 g/mol. The largest absolute Gasteiger partial charge is 0.493 e. The van der Waals surface area contributed by atoms with Crippen molar-refractivity contribution in [3.63, 3.8) is 0 Å². The lowest BCUT2D eigenvalue weighted by atomic mass is 9.82. The number of carbonyl (C=O) groups is 2. The summed E-state index contributed by atoms with van der Waals surface area (Å²) in [5, 5.41) is 6.63.